The fourth-order valence-corrected chi connectivity index (χ4v) is 2.06. The summed E-state index contributed by atoms with van der Waals surface area (Å²) < 4.78 is 42.1. The van der Waals surface area contributed by atoms with E-state index in [1.807, 2.05) is 13.0 Å². The van der Waals surface area contributed by atoms with Gasteiger partial charge < -0.3 is 0 Å². The van der Waals surface area contributed by atoms with Gasteiger partial charge in [-0.05, 0) is 60.1 Å². The van der Waals surface area contributed by atoms with Crippen LogP contribution in [-0.4, -0.2) is 0 Å². The molecular formula is C27H33F3. The van der Waals surface area contributed by atoms with Crippen LogP contribution in [0.15, 0.2) is 120 Å². The molecule has 0 heterocycles. The van der Waals surface area contributed by atoms with Gasteiger partial charge in [0.1, 0.15) is 5.83 Å². The molecule has 3 heteroatoms. The lowest BCUT2D eigenvalue weighted by Crippen LogP contribution is -1.92. The van der Waals surface area contributed by atoms with Crippen molar-refractivity contribution in [2.75, 3.05) is 0 Å². The average Bonchev–Trinajstić information content (AvgIpc) is 2.72. The number of halogens is 3. The van der Waals surface area contributed by atoms with Crippen LogP contribution in [0, 0.1) is 5.92 Å². The van der Waals surface area contributed by atoms with Gasteiger partial charge in [-0.15, -0.1) is 0 Å². The summed E-state index contributed by atoms with van der Waals surface area (Å²) >= 11 is 0. The second-order valence-electron chi connectivity index (χ2n) is 7.40. The van der Waals surface area contributed by atoms with Crippen molar-refractivity contribution in [2.45, 2.75) is 40.5 Å². The zero-order chi connectivity index (χ0) is 23.6. The van der Waals surface area contributed by atoms with Crippen LogP contribution in [0.1, 0.15) is 40.5 Å². The lowest BCUT2D eigenvalue weighted by molar-refractivity contribution is 0.558. The van der Waals surface area contributed by atoms with E-state index in [2.05, 4.69) is 53.3 Å². The van der Waals surface area contributed by atoms with E-state index in [-0.39, 0.29) is 22.3 Å². The number of hydrogen-bond donors (Lipinski definition) is 0. The minimum absolute atomic E-state index is 0.0439. The van der Waals surface area contributed by atoms with E-state index in [1.165, 1.54) is 25.2 Å². The van der Waals surface area contributed by atoms with Crippen molar-refractivity contribution < 1.29 is 13.2 Å². The van der Waals surface area contributed by atoms with E-state index in [4.69, 9.17) is 0 Å². The van der Waals surface area contributed by atoms with Crippen LogP contribution in [0.2, 0.25) is 0 Å². The first-order valence-electron chi connectivity index (χ1n) is 9.72. The van der Waals surface area contributed by atoms with E-state index in [0.29, 0.717) is 17.1 Å². The van der Waals surface area contributed by atoms with Gasteiger partial charge in [0.05, 0.1) is 0 Å². The summed E-state index contributed by atoms with van der Waals surface area (Å²) in [6, 6.07) is 0. The standard InChI is InChI=1S/C27H33F3/c1-11-18(4)12-13-20(6)23(9)25(28)16-22(8)19(5)14-15-21(7)24(10)27(30)26(29)17(2)3/h13-16,18H,2,5,7-12H2,1,3-4,6H3/b15-14-,20-13+,25-16+,27-26-. The first-order chi connectivity index (χ1) is 13.8. The molecule has 0 aliphatic heterocycles. The maximum atomic E-state index is 14.5. The molecule has 0 amide bonds. The van der Waals surface area contributed by atoms with Crippen molar-refractivity contribution in [3.05, 3.63) is 120 Å². The van der Waals surface area contributed by atoms with Crippen LogP contribution in [-0.2, 0) is 0 Å². The van der Waals surface area contributed by atoms with Crippen molar-refractivity contribution in [3.8, 4) is 0 Å². The zero-order valence-corrected chi connectivity index (χ0v) is 18.7. The van der Waals surface area contributed by atoms with Crippen LogP contribution < -0.4 is 0 Å². The Hall–Kier alpha value is -2.81. The number of allylic oxidation sites excluding steroid dienone is 14. The van der Waals surface area contributed by atoms with Crippen LogP contribution in [0.25, 0.3) is 0 Å². The third kappa shape index (κ3) is 8.69. The quantitative estimate of drug-likeness (QED) is 0.279. The third-order valence-corrected chi connectivity index (χ3v) is 4.71. The highest BCUT2D eigenvalue weighted by Crippen LogP contribution is 2.27. The van der Waals surface area contributed by atoms with Crippen molar-refractivity contribution in [3.63, 3.8) is 0 Å². The summed E-state index contributed by atoms with van der Waals surface area (Å²) in [5, 5.41) is 0. The fraction of sp³-hybridized carbons (Fsp3) is 0.259. The predicted molar refractivity (Wildman–Crippen MR) is 126 cm³/mol. The molecule has 0 spiro atoms. The van der Waals surface area contributed by atoms with E-state index in [9.17, 15) is 13.2 Å². The first kappa shape index (κ1) is 27.2. The largest absolute Gasteiger partial charge is 0.206 e. The fourth-order valence-electron chi connectivity index (χ4n) is 2.06. The SMILES string of the molecule is C=C(/C=C\C(=C)C(=C)/C(F)=C(/F)C(=C)C)C(=C)/C=C(/F)C(=C)/C(C)=C/CC(C)CC. The van der Waals surface area contributed by atoms with Crippen molar-refractivity contribution in [2.24, 2.45) is 5.92 Å². The highest BCUT2D eigenvalue weighted by molar-refractivity contribution is 5.53. The van der Waals surface area contributed by atoms with Gasteiger partial charge in [0.25, 0.3) is 0 Å². The Kier molecular flexibility index (Phi) is 11.5. The van der Waals surface area contributed by atoms with Crippen LogP contribution in [0.3, 0.4) is 0 Å². The monoisotopic (exact) mass is 414 g/mol. The van der Waals surface area contributed by atoms with E-state index >= 15 is 0 Å². The molecule has 30 heavy (non-hydrogen) atoms. The van der Waals surface area contributed by atoms with E-state index in [1.54, 1.807) is 0 Å². The van der Waals surface area contributed by atoms with Gasteiger partial charge in [-0.3, -0.25) is 0 Å². The second kappa shape index (κ2) is 12.7. The summed E-state index contributed by atoms with van der Waals surface area (Å²) in [6.45, 7) is 29.3. The molecule has 0 aliphatic carbocycles. The normalized spacial score (nSPS) is 14.2. The van der Waals surface area contributed by atoms with Gasteiger partial charge in [-0.1, -0.05) is 78.0 Å². The molecule has 0 bridgehead atoms. The lowest BCUT2D eigenvalue weighted by Gasteiger charge is -2.08. The number of rotatable bonds is 12. The molecule has 0 aromatic rings. The van der Waals surface area contributed by atoms with Gasteiger partial charge in [-0.25, -0.2) is 13.2 Å². The summed E-state index contributed by atoms with van der Waals surface area (Å²) in [5.41, 5.74) is 1.66. The molecule has 0 aromatic heterocycles. The Bertz CT molecular complexity index is 870. The van der Waals surface area contributed by atoms with Gasteiger partial charge in [0.2, 0.25) is 0 Å². The molecule has 1 atom stereocenters. The van der Waals surface area contributed by atoms with Crippen molar-refractivity contribution in [1.82, 2.24) is 0 Å². The minimum Gasteiger partial charge on any atom is -0.206 e. The van der Waals surface area contributed by atoms with Gasteiger partial charge in [0.15, 0.2) is 11.7 Å². The smallest absolute Gasteiger partial charge is 0.166 e. The maximum absolute atomic E-state index is 14.5. The Morgan fingerprint density at radius 3 is 1.83 bits per heavy atom. The number of hydrogen-bond acceptors (Lipinski definition) is 0. The minimum atomic E-state index is -1.12. The summed E-state index contributed by atoms with van der Waals surface area (Å²) in [5.74, 6) is -2.18. The Morgan fingerprint density at radius 2 is 1.33 bits per heavy atom. The molecule has 0 radical (unpaired) electrons. The molecule has 162 valence electrons. The average molecular weight is 415 g/mol. The molecular weight excluding hydrogens is 381 g/mol. The summed E-state index contributed by atoms with van der Waals surface area (Å²) in [7, 11) is 0. The highest BCUT2D eigenvalue weighted by atomic mass is 19.2. The van der Waals surface area contributed by atoms with Crippen LogP contribution in [0.5, 0.6) is 0 Å². The van der Waals surface area contributed by atoms with Gasteiger partial charge in [-0.2, -0.15) is 0 Å². The van der Waals surface area contributed by atoms with Crippen molar-refractivity contribution >= 4 is 0 Å². The topological polar surface area (TPSA) is 0 Å². The van der Waals surface area contributed by atoms with Gasteiger partial charge in [0, 0.05) is 11.1 Å². The van der Waals surface area contributed by atoms with Gasteiger partial charge >= 0.3 is 0 Å². The lowest BCUT2D eigenvalue weighted by atomic mass is 9.99. The Balaban J connectivity index is 5.22. The second-order valence-corrected chi connectivity index (χ2v) is 7.40. The molecule has 0 N–H and O–H groups in total. The zero-order valence-electron chi connectivity index (χ0n) is 18.7. The summed E-state index contributed by atoms with van der Waals surface area (Å²) in [6.07, 6.45) is 8.03. The molecule has 1 unspecified atom stereocenters. The van der Waals surface area contributed by atoms with Crippen LogP contribution >= 0.6 is 0 Å². The predicted octanol–water partition coefficient (Wildman–Crippen LogP) is 9.29. The Labute approximate surface area is 180 Å². The molecule has 0 saturated carbocycles. The maximum Gasteiger partial charge on any atom is 0.166 e. The molecule has 0 saturated heterocycles. The molecule has 0 aromatic carbocycles. The Morgan fingerprint density at radius 1 is 0.800 bits per heavy atom. The third-order valence-electron chi connectivity index (χ3n) is 4.71. The molecule has 0 rings (SSSR count). The highest BCUT2D eigenvalue weighted by Gasteiger charge is 2.12. The van der Waals surface area contributed by atoms with E-state index in [0.717, 1.165) is 18.4 Å². The molecule has 0 nitrogen and oxygen atoms in total. The van der Waals surface area contributed by atoms with Crippen molar-refractivity contribution in [1.29, 1.82) is 0 Å². The first-order valence-corrected chi connectivity index (χ1v) is 9.72. The van der Waals surface area contributed by atoms with E-state index < -0.39 is 17.5 Å². The molecule has 0 fully saturated rings. The summed E-state index contributed by atoms with van der Waals surface area (Å²) in [4.78, 5) is 0. The van der Waals surface area contributed by atoms with Crippen LogP contribution in [0.4, 0.5) is 13.2 Å². The molecule has 0 aliphatic rings.